The Morgan fingerprint density at radius 2 is 1.89 bits per heavy atom. The van der Waals surface area contributed by atoms with Gasteiger partial charge in [-0.15, -0.1) is 0 Å². The van der Waals surface area contributed by atoms with E-state index in [0.29, 0.717) is 13.2 Å². The molecule has 0 radical (unpaired) electrons. The first-order valence-electron chi connectivity index (χ1n) is 6.57. The Bertz CT molecular complexity index is 373. The van der Waals surface area contributed by atoms with Crippen LogP contribution >= 0.6 is 0 Å². The first kappa shape index (κ1) is 15.7. The number of benzene rings is 1. The molecular weight excluding hydrogens is 240 g/mol. The van der Waals surface area contributed by atoms with Crippen LogP contribution in [0.4, 0.5) is 0 Å². The van der Waals surface area contributed by atoms with Crippen LogP contribution in [0.2, 0.25) is 0 Å². The second-order valence-corrected chi connectivity index (χ2v) is 4.46. The fourth-order valence-electron chi connectivity index (χ4n) is 2.03. The van der Waals surface area contributed by atoms with Crippen molar-refractivity contribution >= 4 is 0 Å². The number of ether oxygens (including phenoxy) is 3. The van der Waals surface area contributed by atoms with Crippen molar-refractivity contribution in [2.24, 2.45) is 5.92 Å². The summed E-state index contributed by atoms with van der Waals surface area (Å²) in [5.74, 6) is 1.10. The molecule has 0 aliphatic heterocycles. The van der Waals surface area contributed by atoms with Crippen LogP contribution in [0.25, 0.3) is 0 Å². The highest BCUT2D eigenvalue weighted by Crippen LogP contribution is 2.18. The standard InChI is InChI=1S/C16H24O3/c1-5-15(17-3)13(2)16(18-4)12-19-11-14-9-7-6-8-10-14/h5-10,13,16H,11-12H2,1-4H3. The van der Waals surface area contributed by atoms with Crippen molar-refractivity contribution in [1.82, 2.24) is 0 Å². The van der Waals surface area contributed by atoms with Crippen molar-refractivity contribution in [2.75, 3.05) is 20.8 Å². The van der Waals surface area contributed by atoms with Crippen LogP contribution in [-0.2, 0) is 20.8 Å². The van der Waals surface area contributed by atoms with Gasteiger partial charge in [0, 0.05) is 13.0 Å². The molecule has 0 spiro atoms. The van der Waals surface area contributed by atoms with E-state index in [1.165, 1.54) is 5.56 Å². The summed E-state index contributed by atoms with van der Waals surface area (Å²) in [6.07, 6.45) is 1.96. The predicted octanol–water partition coefficient (Wildman–Crippen LogP) is 3.40. The van der Waals surface area contributed by atoms with Crippen LogP contribution in [0.3, 0.4) is 0 Å². The third kappa shape index (κ3) is 5.05. The quantitative estimate of drug-likeness (QED) is 0.673. The van der Waals surface area contributed by atoms with Gasteiger partial charge in [-0.3, -0.25) is 0 Å². The minimum atomic E-state index is -0.00476. The first-order chi connectivity index (χ1) is 9.22. The minimum absolute atomic E-state index is 0.00476. The summed E-state index contributed by atoms with van der Waals surface area (Å²) in [5, 5.41) is 0. The first-order valence-corrected chi connectivity index (χ1v) is 6.57. The van der Waals surface area contributed by atoms with Gasteiger partial charge in [0.15, 0.2) is 0 Å². The topological polar surface area (TPSA) is 27.7 Å². The molecule has 1 aromatic carbocycles. The summed E-state index contributed by atoms with van der Waals surface area (Å²) in [6.45, 7) is 5.20. The molecular formula is C16H24O3. The average Bonchev–Trinajstić information content (AvgIpc) is 2.46. The third-order valence-corrected chi connectivity index (χ3v) is 3.22. The van der Waals surface area contributed by atoms with E-state index in [2.05, 4.69) is 19.1 Å². The molecule has 0 amide bonds. The Morgan fingerprint density at radius 3 is 2.42 bits per heavy atom. The lowest BCUT2D eigenvalue weighted by Crippen LogP contribution is -2.28. The van der Waals surface area contributed by atoms with E-state index in [9.17, 15) is 0 Å². The van der Waals surface area contributed by atoms with Gasteiger partial charge in [-0.2, -0.15) is 0 Å². The molecule has 0 bridgehead atoms. The maximum Gasteiger partial charge on any atom is 0.0967 e. The maximum atomic E-state index is 5.73. The zero-order chi connectivity index (χ0) is 14.1. The zero-order valence-corrected chi connectivity index (χ0v) is 12.3. The van der Waals surface area contributed by atoms with Crippen LogP contribution in [0.5, 0.6) is 0 Å². The summed E-state index contributed by atoms with van der Waals surface area (Å²) in [5.41, 5.74) is 1.17. The molecule has 1 aromatic rings. The molecule has 0 aliphatic carbocycles. The lowest BCUT2D eigenvalue weighted by atomic mass is 10.0. The van der Waals surface area contributed by atoms with E-state index in [4.69, 9.17) is 14.2 Å². The van der Waals surface area contributed by atoms with Gasteiger partial charge in [-0.25, -0.2) is 0 Å². The van der Waals surface area contributed by atoms with Gasteiger partial charge in [0.2, 0.25) is 0 Å². The van der Waals surface area contributed by atoms with Crippen LogP contribution < -0.4 is 0 Å². The fraction of sp³-hybridized carbons (Fsp3) is 0.500. The normalized spacial score (nSPS) is 15.1. The monoisotopic (exact) mass is 264 g/mol. The molecule has 0 fully saturated rings. The highest BCUT2D eigenvalue weighted by Gasteiger charge is 2.21. The van der Waals surface area contributed by atoms with Crippen molar-refractivity contribution in [2.45, 2.75) is 26.6 Å². The Hall–Kier alpha value is -1.32. The lowest BCUT2D eigenvalue weighted by Gasteiger charge is -2.24. The molecule has 0 aliphatic rings. The van der Waals surface area contributed by atoms with Crippen molar-refractivity contribution in [1.29, 1.82) is 0 Å². The minimum Gasteiger partial charge on any atom is -0.501 e. The highest BCUT2D eigenvalue weighted by molar-refractivity contribution is 5.13. The Kier molecular flexibility index (Phi) is 7.23. The van der Waals surface area contributed by atoms with Gasteiger partial charge in [0.25, 0.3) is 0 Å². The summed E-state index contributed by atoms with van der Waals surface area (Å²) in [7, 11) is 3.39. The van der Waals surface area contributed by atoms with Crippen LogP contribution in [0, 0.1) is 5.92 Å². The number of hydrogen-bond donors (Lipinski definition) is 0. The van der Waals surface area contributed by atoms with Crippen LogP contribution in [0.15, 0.2) is 42.2 Å². The summed E-state index contributed by atoms with van der Waals surface area (Å²) < 4.78 is 16.5. The highest BCUT2D eigenvalue weighted by atomic mass is 16.5. The van der Waals surface area contributed by atoms with Gasteiger partial charge < -0.3 is 14.2 Å². The van der Waals surface area contributed by atoms with Crippen LogP contribution in [-0.4, -0.2) is 26.9 Å². The smallest absolute Gasteiger partial charge is 0.0967 e. The van der Waals surface area contributed by atoms with E-state index in [-0.39, 0.29) is 12.0 Å². The number of methoxy groups -OCH3 is 2. The van der Waals surface area contributed by atoms with Crippen molar-refractivity contribution in [3.05, 3.63) is 47.7 Å². The molecule has 3 nitrogen and oxygen atoms in total. The van der Waals surface area contributed by atoms with Crippen molar-refractivity contribution in [3.8, 4) is 0 Å². The fourth-order valence-corrected chi connectivity index (χ4v) is 2.03. The molecule has 0 saturated heterocycles. The van der Waals surface area contributed by atoms with Gasteiger partial charge >= 0.3 is 0 Å². The molecule has 106 valence electrons. The largest absolute Gasteiger partial charge is 0.501 e. The Morgan fingerprint density at radius 1 is 1.21 bits per heavy atom. The average molecular weight is 264 g/mol. The SMILES string of the molecule is CC=C(OC)C(C)C(COCc1ccccc1)OC. The van der Waals surface area contributed by atoms with E-state index >= 15 is 0 Å². The summed E-state index contributed by atoms with van der Waals surface area (Å²) in [6, 6.07) is 10.1. The van der Waals surface area contributed by atoms with Crippen molar-refractivity contribution in [3.63, 3.8) is 0 Å². The molecule has 19 heavy (non-hydrogen) atoms. The van der Waals surface area contributed by atoms with E-state index < -0.39 is 0 Å². The molecule has 0 saturated carbocycles. The molecule has 0 aromatic heterocycles. The van der Waals surface area contributed by atoms with E-state index in [1.807, 2.05) is 31.2 Å². The number of hydrogen-bond acceptors (Lipinski definition) is 3. The van der Waals surface area contributed by atoms with E-state index in [0.717, 1.165) is 5.76 Å². The second-order valence-electron chi connectivity index (χ2n) is 4.46. The Balaban J connectivity index is 2.44. The molecule has 1 rings (SSSR count). The van der Waals surface area contributed by atoms with Gasteiger partial charge in [-0.1, -0.05) is 37.3 Å². The van der Waals surface area contributed by atoms with Crippen molar-refractivity contribution < 1.29 is 14.2 Å². The molecule has 2 unspecified atom stereocenters. The third-order valence-electron chi connectivity index (χ3n) is 3.22. The molecule has 3 heteroatoms. The summed E-state index contributed by atoms with van der Waals surface area (Å²) in [4.78, 5) is 0. The van der Waals surface area contributed by atoms with E-state index in [1.54, 1.807) is 14.2 Å². The second kappa shape index (κ2) is 8.73. The predicted molar refractivity (Wildman–Crippen MR) is 76.8 cm³/mol. The molecule has 0 heterocycles. The zero-order valence-electron chi connectivity index (χ0n) is 12.3. The van der Waals surface area contributed by atoms with Gasteiger partial charge in [-0.05, 0) is 18.6 Å². The molecule has 2 atom stereocenters. The van der Waals surface area contributed by atoms with Crippen LogP contribution in [0.1, 0.15) is 19.4 Å². The maximum absolute atomic E-state index is 5.73. The number of rotatable bonds is 8. The lowest BCUT2D eigenvalue weighted by molar-refractivity contribution is -0.0264. The van der Waals surface area contributed by atoms with Gasteiger partial charge in [0.1, 0.15) is 0 Å². The molecule has 0 N–H and O–H groups in total. The summed E-state index contributed by atoms with van der Waals surface area (Å²) >= 11 is 0. The Labute approximate surface area is 116 Å². The number of allylic oxidation sites excluding steroid dienone is 1. The van der Waals surface area contributed by atoms with Gasteiger partial charge in [0.05, 0.1) is 32.2 Å².